The van der Waals surface area contributed by atoms with Crippen LogP contribution >= 0.6 is 0 Å². The van der Waals surface area contributed by atoms with E-state index < -0.39 is 15.9 Å². The van der Waals surface area contributed by atoms with Crippen molar-refractivity contribution in [1.29, 1.82) is 0 Å². The minimum atomic E-state index is -3.11. The van der Waals surface area contributed by atoms with Crippen LogP contribution in [0, 0.1) is 0 Å². The number of aliphatic imine (C=N–C) groups is 1. The highest BCUT2D eigenvalue weighted by Gasteiger charge is 2.26. The zero-order valence-corrected chi connectivity index (χ0v) is 9.10. The molecule has 5 nitrogen and oxygen atoms in total. The molecule has 14 heavy (non-hydrogen) atoms. The third-order valence-electron chi connectivity index (χ3n) is 1.84. The SMILES string of the molecule is CCCC1N=C(CS(C)(=O)=O)NC1=O. The molecule has 0 saturated heterocycles. The quantitative estimate of drug-likeness (QED) is 0.705. The highest BCUT2D eigenvalue weighted by molar-refractivity contribution is 7.91. The van der Waals surface area contributed by atoms with Crippen LogP contribution in [0.5, 0.6) is 0 Å². The smallest absolute Gasteiger partial charge is 0.250 e. The van der Waals surface area contributed by atoms with Gasteiger partial charge in [0.25, 0.3) is 0 Å². The van der Waals surface area contributed by atoms with Gasteiger partial charge in [0.1, 0.15) is 17.6 Å². The van der Waals surface area contributed by atoms with Crippen molar-refractivity contribution < 1.29 is 13.2 Å². The lowest BCUT2D eigenvalue weighted by Gasteiger charge is -1.99. The van der Waals surface area contributed by atoms with Gasteiger partial charge in [0.15, 0.2) is 9.84 Å². The predicted octanol–water partition coefficient (Wildman–Crippen LogP) is -0.272. The number of nitrogens with one attached hydrogen (secondary N) is 1. The largest absolute Gasteiger partial charge is 0.312 e. The van der Waals surface area contributed by atoms with Gasteiger partial charge in [-0.1, -0.05) is 13.3 Å². The Kier molecular flexibility index (Phi) is 3.25. The minimum absolute atomic E-state index is 0.182. The highest BCUT2D eigenvalue weighted by atomic mass is 32.2. The van der Waals surface area contributed by atoms with Crippen LogP contribution in [0.25, 0.3) is 0 Å². The molecule has 1 heterocycles. The molecule has 0 aliphatic carbocycles. The first-order valence-electron chi connectivity index (χ1n) is 4.47. The summed E-state index contributed by atoms with van der Waals surface area (Å²) in [4.78, 5) is 15.3. The average Bonchev–Trinajstić information content (AvgIpc) is 2.28. The van der Waals surface area contributed by atoms with Gasteiger partial charge < -0.3 is 5.32 Å². The van der Waals surface area contributed by atoms with Crippen molar-refractivity contribution in [3.8, 4) is 0 Å². The molecule has 1 atom stereocenters. The Morgan fingerprint density at radius 3 is 2.64 bits per heavy atom. The molecule has 0 aromatic carbocycles. The molecule has 0 aromatic rings. The summed E-state index contributed by atoms with van der Waals surface area (Å²) < 4.78 is 21.9. The van der Waals surface area contributed by atoms with Crippen LogP contribution in [0.3, 0.4) is 0 Å². The van der Waals surface area contributed by atoms with Gasteiger partial charge in [0, 0.05) is 6.26 Å². The Bertz CT molecular complexity index is 359. The second kappa shape index (κ2) is 4.08. The topological polar surface area (TPSA) is 75.6 Å². The fourth-order valence-electron chi connectivity index (χ4n) is 1.30. The number of amidine groups is 1. The second-order valence-corrected chi connectivity index (χ2v) is 5.58. The molecule has 0 bridgehead atoms. The summed E-state index contributed by atoms with van der Waals surface area (Å²) in [5.74, 6) is -0.0969. The molecular formula is C8H14N2O3S. The van der Waals surface area contributed by atoms with Crippen molar-refractivity contribution in [2.45, 2.75) is 25.8 Å². The summed E-state index contributed by atoms with van der Waals surface area (Å²) >= 11 is 0. The lowest BCUT2D eigenvalue weighted by atomic mass is 10.2. The predicted molar refractivity (Wildman–Crippen MR) is 54.0 cm³/mol. The first kappa shape index (κ1) is 11.2. The van der Waals surface area contributed by atoms with Crippen LogP contribution in [0.4, 0.5) is 0 Å². The summed E-state index contributed by atoms with van der Waals surface area (Å²) in [6, 6.07) is -0.392. The summed E-state index contributed by atoms with van der Waals surface area (Å²) in [6.07, 6.45) is 2.64. The van der Waals surface area contributed by atoms with Crippen molar-refractivity contribution in [3.05, 3.63) is 0 Å². The van der Waals surface area contributed by atoms with Crippen LogP contribution < -0.4 is 5.32 Å². The second-order valence-electron chi connectivity index (χ2n) is 3.44. The van der Waals surface area contributed by atoms with Gasteiger partial charge in [-0.05, 0) is 6.42 Å². The van der Waals surface area contributed by atoms with E-state index in [9.17, 15) is 13.2 Å². The van der Waals surface area contributed by atoms with E-state index >= 15 is 0 Å². The van der Waals surface area contributed by atoms with Crippen molar-refractivity contribution in [2.24, 2.45) is 4.99 Å². The first-order valence-corrected chi connectivity index (χ1v) is 6.53. The molecule has 0 fully saturated rings. The number of rotatable bonds is 4. The molecule has 0 saturated carbocycles. The molecule has 1 amide bonds. The summed E-state index contributed by atoms with van der Waals surface area (Å²) in [7, 11) is -3.11. The molecule has 1 N–H and O–H groups in total. The maximum Gasteiger partial charge on any atom is 0.250 e. The maximum atomic E-state index is 11.2. The normalized spacial score (nSPS) is 22.0. The number of hydrogen-bond acceptors (Lipinski definition) is 4. The lowest BCUT2D eigenvalue weighted by Crippen LogP contribution is -2.32. The molecule has 6 heteroatoms. The molecular weight excluding hydrogens is 204 g/mol. The molecule has 1 unspecified atom stereocenters. The molecule has 80 valence electrons. The van der Waals surface area contributed by atoms with Gasteiger partial charge in [-0.3, -0.25) is 9.79 Å². The van der Waals surface area contributed by atoms with E-state index in [2.05, 4.69) is 10.3 Å². The Morgan fingerprint density at radius 1 is 1.50 bits per heavy atom. The third-order valence-corrected chi connectivity index (χ3v) is 2.64. The molecule has 1 aliphatic heterocycles. The molecule has 1 aliphatic rings. The van der Waals surface area contributed by atoms with Gasteiger partial charge in [-0.15, -0.1) is 0 Å². The van der Waals surface area contributed by atoms with Crippen LogP contribution in [0.1, 0.15) is 19.8 Å². The zero-order chi connectivity index (χ0) is 10.8. The van der Waals surface area contributed by atoms with E-state index in [1.807, 2.05) is 6.92 Å². The Labute approximate surface area is 83.5 Å². The average molecular weight is 218 g/mol. The molecule has 0 aromatic heterocycles. The monoisotopic (exact) mass is 218 g/mol. The van der Waals surface area contributed by atoms with Gasteiger partial charge in [-0.25, -0.2) is 8.42 Å². The van der Waals surface area contributed by atoms with Gasteiger partial charge in [0.2, 0.25) is 5.91 Å². The maximum absolute atomic E-state index is 11.2. The lowest BCUT2D eigenvalue weighted by molar-refractivity contribution is -0.120. The van der Waals surface area contributed by atoms with Gasteiger partial charge >= 0.3 is 0 Å². The van der Waals surface area contributed by atoms with E-state index in [0.717, 1.165) is 12.7 Å². The Hall–Kier alpha value is -0.910. The first-order chi connectivity index (χ1) is 6.42. The van der Waals surface area contributed by atoms with E-state index in [1.165, 1.54) is 0 Å². The molecule has 0 radical (unpaired) electrons. The number of carbonyl (C=O) groups excluding carboxylic acids is 1. The zero-order valence-electron chi connectivity index (χ0n) is 8.28. The van der Waals surface area contributed by atoms with Crippen molar-refractivity contribution in [1.82, 2.24) is 5.32 Å². The molecule has 1 rings (SSSR count). The Morgan fingerprint density at radius 2 is 2.14 bits per heavy atom. The summed E-state index contributed by atoms with van der Waals surface area (Å²) in [5.41, 5.74) is 0. The standard InChI is InChI=1S/C8H14N2O3S/c1-3-4-6-8(11)10-7(9-6)5-14(2,12)13/h6H,3-5H2,1-2H3,(H,9,10,11). The Balaban J connectivity index is 2.66. The highest BCUT2D eigenvalue weighted by Crippen LogP contribution is 2.08. The number of hydrogen-bond donors (Lipinski definition) is 1. The van der Waals surface area contributed by atoms with E-state index in [-0.39, 0.29) is 17.5 Å². The number of sulfone groups is 1. The fourth-order valence-corrected chi connectivity index (χ4v) is 1.94. The van der Waals surface area contributed by atoms with E-state index in [4.69, 9.17) is 0 Å². The number of carbonyl (C=O) groups is 1. The summed E-state index contributed by atoms with van der Waals surface area (Å²) in [5, 5.41) is 2.48. The third kappa shape index (κ3) is 3.10. The number of nitrogens with zero attached hydrogens (tertiary/aromatic N) is 1. The van der Waals surface area contributed by atoms with E-state index in [0.29, 0.717) is 6.42 Å². The van der Waals surface area contributed by atoms with Crippen molar-refractivity contribution >= 4 is 21.6 Å². The van der Waals surface area contributed by atoms with Crippen molar-refractivity contribution in [3.63, 3.8) is 0 Å². The van der Waals surface area contributed by atoms with Gasteiger partial charge in [-0.2, -0.15) is 0 Å². The van der Waals surface area contributed by atoms with Gasteiger partial charge in [0.05, 0.1) is 0 Å². The van der Waals surface area contributed by atoms with Crippen LogP contribution in [-0.4, -0.2) is 38.2 Å². The van der Waals surface area contributed by atoms with Crippen molar-refractivity contribution in [2.75, 3.05) is 12.0 Å². The van der Waals surface area contributed by atoms with Crippen LogP contribution in [0.15, 0.2) is 4.99 Å². The number of amides is 1. The van der Waals surface area contributed by atoms with Crippen LogP contribution in [-0.2, 0) is 14.6 Å². The molecule has 0 spiro atoms. The van der Waals surface area contributed by atoms with Crippen LogP contribution in [0.2, 0.25) is 0 Å². The van der Waals surface area contributed by atoms with E-state index in [1.54, 1.807) is 0 Å². The fraction of sp³-hybridized carbons (Fsp3) is 0.750. The summed E-state index contributed by atoms with van der Waals surface area (Å²) in [6.45, 7) is 1.96. The minimum Gasteiger partial charge on any atom is -0.312 e.